The number of aromatic nitrogens is 2. The largest absolute Gasteiger partial charge is 0.356 e. The number of halogens is 1. The number of aryl methyl sites for hydroxylation is 1. The molecule has 1 rings (SSSR count). The van der Waals surface area contributed by atoms with Crippen LogP contribution in [0.5, 0.6) is 0 Å². The van der Waals surface area contributed by atoms with E-state index >= 15 is 0 Å². The van der Waals surface area contributed by atoms with Crippen LogP contribution in [0.15, 0.2) is 0 Å². The molecule has 3 nitrogen and oxygen atoms in total. The van der Waals surface area contributed by atoms with Gasteiger partial charge in [0.05, 0.1) is 0 Å². The summed E-state index contributed by atoms with van der Waals surface area (Å²) in [7, 11) is 0. The van der Waals surface area contributed by atoms with Gasteiger partial charge in [0, 0.05) is 29.9 Å². The molecule has 5 heteroatoms. The first-order chi connectivity index (χ1) is 7.17. The zero-order valence-corrected chi connectivity index (χ0v) is 11.0. The summed E-state index contributed by atoms with van der Waals surface area (Å²) in [6.45, 7) is 6.42. The molecule has 0 bridgehead atoms. The average molecular weight is 248 g/mol. The van der Waals surface area contributed by atoms with Crippen LogP contribution in [-0.4, -0.2) is 21.3 Å². The maximum Gasteiger partial charge on any atom is 0.202 e. The van der Waals surface area contributed by atoms with Gasteiger partial charge in [0.15, 0.2) is 0 Å². The summed E-state index contributed by atoms with van der Waals surface area (Å²) >= 11 is 7.29. The Labute approximate surface area is 100 Å². The van der Waals surface area contributed by atoms with E-state index in [4.69, 9.17) is 11.6 Å². The lowest BCUT2D eigenvalue weighted by atomic mass is 10.1. The molecule has 0 aliphatic rings. The molecule has 15 heavy (non-hydrogen) atoms. The summed E-state index contributed by atoms with van der Waals surface area (Å²) in [5.74, 6) is 2.03. The molecule has 0 radical (unpaired) electrons. The van der Waals surface area contributed by atoms with Crippen molar-refractivity contribution in [3.05, 3.63) is 5.82 Å². The highest BCUT2D eigenvalue weighted by atomic mass is 35.5. The third kappa shape index (κ3) is 3.95. The summed E-state index contributed by atoms with van der Waals surface area (Å²) < 4.78 is 4.28. The second kappa shape index (κ2) is 6.28. The summed E-state index contributed by atoms with van der Waals surface area (Å²) in [4.78, 5) is 4.41. The first kappa shape index (κ1) is 12.7. The smallest absolute Gasteiger partial charge is 0.202 e. The highest BCUT2D eigenvalue weighted by Gasteiger charge is 2.13. The van der Waals surface area contributed by atoms with Gasteiger partial charge in [0.2, 0.25) is 5.13 Å². The van der Waals surface area contributed by atoms with E-state index in [1.54, 1.807) is 0 Å². The molecule has 0 aromatic carbocycles. The number of alkyl halides is 1. The highest BCUT2D eigenvalue weighted by molar-refractivity contribution is 7.09. The van der Waals surface area contributed by atoms with Crippen molar-refractivity contribution in [2.75, 3.05) is 11.2 Å². The number of anilines is 1. The standard InChI is InChI=1S/C10H18ClN3S/c1-4-5-9-13-10(15-14-9)12-8(6-11)7(2)3/h7-8H,4-6H2,1-3H3,(H,12,13,14). The van der Waals surface area contributed by atoms with Gasteiger partial charge >= 0.3 is 0 Å². The second-order valence-electron chi connectivity index (χ2n) is 3.91. The molecule has 0 aliphatic heterocycles. The lowest BCUT2D eigenvalue weighted by Gasteiger charge is -2.18. The molecule has 0 saturated carbocycles. The number of hydrogen-bond acceptors (Lipinski definition) is 4. The minimum Gasteiger partial charge on any atom is -0.356 e. The van der Waals surface area contributed by atoms with Gasteiger partial charge in [-0.2, -0.15) is 4.37 Å². The molecule has 1 heterocycles. The summed E-state index contributed by atoms with van der Waals surface area (Å²) in [5.41, 5.74) is 0. The Balaban J connectivity index is 2.55. The highest BCUT2D eigenvalue weighted by Crippen LogP contribution is 2.16. The van der Waals surface area contributed by atoms with E-state index in [0.717, 1.165) is 23.8 Å². The number of rotatable bonds is 6. The van der Waals surface area contributed by atoms with Crippen LogP contribution in [0.4, 0.5) is 5.13 Å². The van der Waals surface area contributed by atoms with Crippen LogP contribution in [0.3, 0.4) is 0 Å². The first-order valence-electron chi connectivity index (χ1n) is 5.32. The van der Waals surface area contributed by atoms with E-state index in [1.165, 1.54) is 11.5 Å². The van der Waals surface area contributed by atoms with Crippen LogP contribution in [-0.2, 0) is 6.42 Å². The lowest BCUT2D eigenvalue weighted by molar-refractivity contribution is 0.564. The third-order valence-corrected chi connectivity index (χ3v) is 3.24. The molecular weight excluding hydrogens is 230 g/mol. The minimum absolute atomic E-state index is 0.272. The van der Waals surface area contributed by atoms with Gasteiger partial charge in [-0.25, -0.2) is 4.98 Å². The fraction of sp³-hybridized carbons (Fsp3) is 0.800. The fourth-order valence-electron chi connectivity index (χ4n) is 1.18. The van der Waals surface area contributed by atoms with Crippen molar-refractivity contribution in [1.82, 2.24) is 9.36 Å². The molecule has 1 aromatic heterocycles. The van der Waals surface area contributed by atoms with Crippen molar-refractivity contribution < 1.29 is 0 Å². The zero-order valence-electron chi connectivity index (χ0n) is 9.46. The first-order valence-corrected chi connectivity index (χ1v) is 6.63. The molecule has 1 N–H and O–H groups in total. The van der Waals surface area contributed by atoms with Gasteiger partial charge < -0.3 is 5.32 Å². The molecule has 0 spiro atoms. The van der Waals surface area contributed by atoms with Gasteiger partial charge in [-0.1, -0.05) is 20.8 Å². The second-order valence-corrected chi connectivity index (χ2v) is 4.98. The molecule has 0 saturated heterocycles. The van der Waals surface area contributed by atoms with Crippen LogP contribution in [0.1, 0.15) is 33.0 Å². The molecule has 1 aromatic rings. The molecule has 1 unspecified atom stereocenters. The van der Waals surface area contributed by atoms with E-state index in [2.05, 4.69) is 35.4 Å². The molecule has 86 valence electrons. The Morgan fingerprint density at radius 1 is 1.47 bits per heavy atom. The molecule has 0 amide bonds. The van der Waals surface area contributed by atoms with Gasteiger partial charge in [-0.05, 0) is 12.3 Å². The van der Waals surface area contributed by atoms with E-state index in [0.29, 0.717) is 11.8 Å². The molecule has 0 aliphatic carbocycles. The number of nitrogens with zero attached hydrogens (tertiary/aromatic N) is 2. The van der Waals surface area contributed by atoms with Gasteiger partial charge in [0.25, 0.3) is 0 Å². The predicted octanol–water partition coefficient (Wildman–Crippen LogP) is 3.17. The number of hydrogen-bond donors (Lipinski definition) is 1. The summed E-state index contributed by atoms with van der Waals surface area (Å²) in [5, 5.41) is 4.21. The Kier molecular flexibility index (Phi) is 5.32. The Bertz CT molecular complexity index is 288. The maximum atomic E-state index is 5.87. The zero-order chi connectivity index (χ0) is 11.3. The lowest BCUT2D eigenvalue weighted by Crippen LogP contribution is -2.27. The predicted molar refractivity (Wildman–Crippen MR) is 66.9 cm³/mol. The van der Waals surface area contributed by atoms with Crippen molar-refractivity contribution in [3.63, 3.8) is 0 Å². The van der Waals surface area contributed by atoms with Crippen molar-refractivity contribution in [2.45, 2.75) is 39.7 Å². The van der Waals surface area contributed by atoms with E-state index in [-0.39, 0.29) is 6.04 Å². The van der Waals surface area contributed by atoms with Crippen LogP contribution in [0.25, 0.3) is 0 Å². The van der Waals surface area contributed by atoms with Crippen LogP contribution in [0, 0.1) is 5.92 Å². The maximum absolute atomic E-state index is 5.87. The summed E-state index contributed by atoms with van der Waals surface area (Å²) in [6.07, 6.45) is 2.03. The quantitative estimate of drug-likeness (QED) is 0.785. The van der Waals surface area contributed by atoms with Crippen LogP contribution >= 0.6 is 23.1 Å². The molecule has 1 atom stereocenters. The SMILES string of the molecule is CCCc1nsc(NC(CCl)C(C)C)n1. The van der Waals surface area contributed by atoms with E-state index in [1.807, 2.05) is 0 Å². The number of nitrogens with one attached hydrogen (secondary N) is 1. The monoisotopic (exact) mass is 247 g/mol. The van der Waals surface area contributed by atoms with E-state index in [9.17, 15) is 0 Å². The summed E-state index contributed by atoms with van der Waals surface area (Å²) in [6, 6.07) is 0.272. The van der Waals surface area contributed by atoms with Crippen LogP contribution in [0.2, 0.25) is 0 Å². The van der Waals surface area contributed by atoms with Crippen molar-refractivity contribution in [1.29, 1.82) is 0 Å². The van der Waals surface area contributed by atoms with Crippen molar-refractivity contribution in [3.8, 4) is 0 Å². The van der Waals surface area contributed by atoms with Crippen LogP contribution < -0.4 is 5.32 Å². The fourth-order valence-corrected chi connectivity index (χ4v) is 2.29. The van der Waals surface area contributed by atoms with Gasteiger partial charge in [0.1, 0.15) is 5.82 Å². The minimum atomic E-state index is 0.272. The molecular formula is C10H18ClN3S. The average Bonchev–Trinajstić information content (AvgIpc) is 2.62. The molecule has 0 fully saturated rings. The third-order valence-electron chi connectivity index (χ3n) is 2.22. The van der Waals surface area contributed by atoms with Crippen molar-refractivity contribution in [2.24, 2.45) is 5.92 Å². The topological polar surface area (TPSA) is 37.8 Å². The Morgan fingerprint density at radius 2 is 2.20 bits per heavy atom. The van der Waals surface area contributed by atoms with Crippen molar-refractivity contribution >= 4 is 28.3 Å². The van der Waals surface area contributed by atoms with Gasteiger partial charge in [-0.15, -0.1) is 11.6 Å². The Hall–Kier alpha value is -0.350. The van der Waals surface area contributed by atoms with Gasteiger partial charge in [-0.3, -0.25) is 0 Å². The van der Waals surface area contributed by atoms with E-state index < -0.39 is 0 Å². The normalized spacial score (nSPS) is 13.1. The Morgan fingerprint density at radius 3 is 2.73 bits per heavy atom.